The Bertz CT molecular complexity index is 862. The number of carbonyl (C=O) groups excluding carboxylic acids is 1. The van der Waals surface area contributed by atoms with Crippen molar-refractivity contribution in [2.45, 2.75) is 13.8 Å². The fourth-order valence-corrected chi connectivity index (χ4v) is 2.25. The molecule has 0 radical (unpaired) electrons. The van der Waals surface area contributed by atoms with Crippen molar-refractivity contribution >= 4 is 23.2 Å². The number of anilines is 3. The van der Waals surface area contributed by atoms with Crippen molar-refractivity contribution < 1.29 is 4.79 Å². The van der Waals surface area contributed by atoms with Crippen LogP contribution in [0.4, 0.5) is 17.3 Å². The average molecular weight is 318 g/mol. The molecule has 0 spiro atoms. The SMILES string of the molecule is Cc1ccc(C)c(NC(=O)c2ccnc(Nc3ccccc3)n2)c1. The second kappa shape index (κ2) is 6.91. The molecule has 0 fully saturated rings. The first-order valence-electron chi connectivity index (χ1n) is 7.65. The van der Waals surface area contributed by atoms with E-state index in [1.807, 2.05) is 62.4 Å². The van der Waals surface area contributed by atoms with E-state index in [9.17, 15) is 4.79 Å². The highest BCUT2D eigenvalue weighted by molar-refractivity contribution is 6.03. The zero-order valence-corrected chi connectivity index (χ0v) is 13.6. The molecular weight excluding hydrogens is 300 g/mol. The number of hydrogen-bond donors (Lipinski definition) is 2. The molecular formula is C19H18N4O. The van der Waals surface area contributed by atoms with Gasteiger partial charge in [-0.15, -0.1) is 0 Å². The predicted molar refractivity (Wildman–Crippen MR) is 95.6 cm³/mol. The summed E-state index contributed by atoms with van der Waals surface area (Å²) < 4.78 is 0. The van der Waals surface area contributed by atoms with Gasteiger partial charge in [-0.25, -0.2) is 9.97 Å². The van der Waals surface area contributed by atoms with Crippen LogP contribution in [0.2, 0.25) is 0 Å². The minimum atomic E-state index is -0.262. The number of amides is 1. The molecule has 0 saturated heterocycles. The van der Waals surface area contributed by atoms with Crippen molar-refractivity contribution in [2.75, 3.05) is 10.6 Å². The highest BCUT2D eigenvalue weighted by Gasteiger charge is 2.11. The van der Waals surface area contributed by atoms with Gasteiger partial charge < -0.3 is 10.6 Å². The lowest BCUT2D eigenvalue weighted by Crippen LogP contribution is -2.15. The van der Waals surface area contributed by atoms with Crippen LogP contribution in [0.3, 0.4) is 0 Å². The first-order chi connectivity index (χ1) is 11.6. The molecule has 0 aliphatic carbocycles. The van der Waals surface area contributed by atoms with Crippen LogP contribution in [0.15, 0.2) is 60.8 Å². The van der Waals surface area contributed by atoms with Crippen LogP contribution in [-0.2, 0) is 0 Å². The van der Waals surface area contributed by atoms with Gasteiger partial charge in [0.15, 0.2) is 0 Å². The molecule has 2 N–H and O–H groups in total. The zero-order valence-electron chi connectivity index (χ0n) is 13.6. The minimum Gasteiger partial charge on any atom is -0.324 e. The smallest absolute Gasteiger partial charge is 0.274 e. The first kappa shape index (κ1) is 15.7. The van der Waals surface area contributed by atoms with Crippen LogP contribution in [0.5, 0.6) is 0 Å². The summed E-state index contributed by atoms with van der Waals surface area (Å²) in [7, 11) is 0. The van der Waals surface area contributed by atoms with E-state index in [4.69, 9.17) is 0 Å². The topological polar surface area (TPSA) is 66.9 Å². The lowest BCUT2D eigenvalue weighted by molar-refractivity contribution is 0.102. The summed E-state index contributed by atoms with van der Waals surface area (Å²) in [5, 5.41) is 5.98. The monoisotopic (exact) mass is 318 g/mol. The van der Waals surface area contributed by atoms with E-state index >= 15 is 0 Å². The molecule has 0 aliphatic heterocycles. The van der Waals surface area contributed by atoms with Crippen molar-refractivity contribution in [3.8, 4) is 0 Å². The van der Waals surface area contributed by atoms with E-state index < -0.39 is 0 Å². The van der Waals surface area contributed by atoms with Crippen molar-refractivity contribution in [1.82, 2.24) is 9.97 Å². The molecule has 120 valence electrons. The van der Waals surface area contributed by atoms with Crippen molar-refractivity contribution in [1.29, 1.82) is 0 Å². The van der Waals surface area contributed by atoms with Gasteiger partial charge in [0.1, 0.15) is 5.69 Å². The fraction of sp³-hybridized carbons (Fsp3) is 0.105. The van der Waals surface area contributed by atoms with Crippen molar-refractivity contribution in [3.63, 3.8) is 0 Å². The predicted octanol–water partition coefficient (Wildman–Crippen LogP) is 4.09. The summed E-state index contributed by atoms with van der Waals surface area (Å²) >= 11 is 0. The standard InChI is InChI=1S/C19H18N4O/c1-13-8-9-14(2)17(12-13)22-18(24)16-10-11-20-19(23-16)21-15-6-4-3-5-7-15/h3-12H,1-2H3,(H,22,24)(H,20,21,23). The minimum absolute atomic E-state index is 0.262. The molecule has 0 unspecified atom stereocenters. The van der Waals surface area contributed by atoms with Gasteiger partial charge in [-0.2, -0.15) is 0 Å². The normalized spacial score (nSPS) is 10.2. The maximum Gasteiger partial charge on any atom is 0.274 e. The van der Waals surface area contributed by atoms with E-state index in [1.165, 1.54) is 0 Å². The molecule has 1 amide bonds. The maximum absolute atomic E-state index is 12.5. The summed E-state index contributed by atoms with van der Waals surface area (Å²) in [6, 6.07) is 17.1. The zero-order chi connectivity index (χ0) is 16.9. The summed E-state index contributed by atoms with van der Waals surface area (Å²) in [6.45, 7) is 3.94. The Balaban J connectivity index is 1.78. The Kier molecular flexibility index (Phi) is 4.52. The van der Waals surface area contributed by atoms with Crippen molar-refractivity contribution in [3.05, 3.63) is 77.6 Å². The maximum atomic E-state index is 12.5. The second-order valence-electron chi connectivity index (χ2n) is 5.53. The van der Waals surface area contributed by atoms with E-state index in [2.05, 4.69) is 20.6 Å². The molecule has 0 aliphatic rings. The largest absolute Gasteiger partial charge is 0.324 e. The number of aromatic nitrogens is 2. The van der Waals surface area contributed by atoms with E-state index in [0.29, 0.717) is 11.6 Å². The van der Waals surface area contributed by atoms with Gasteiger partial charge in [0.05, 0.1) is 0 Å². The van der Waals surface area contributed by atoms with Gasteiger partial charge in [-0.3, -0.25) is 4.79 Å². The third-order valence-corrected chi connectivity index (χ3v) is 3.56. The van der Waals surface area contributed by atoms with Crippen LogP contribution in [0.25, 0.3) is 0 Å². The van der Waals surface area contributed by atoms with Crippen LogP contribution in [0, 0.1) is 13.8 Å². The Labute approximate surface area is 140 Å². The summed E-state index contributed by atoms with van der Waals surface area (Å²) in [6.07, 6.45) is 1.57. The molecule has 2 aromatic carbocycles. The molecule has 0 saturated carbocycles. The number of nitrogens with zero attached hydrogens (tertiary/aromatic N) is 2. The molecule has 5 heteroatoms. The number of para-hydroxylation sites is 1. The summed E-state index contributed by atoms with van der Waals surface area (Å²) in [5.41, 5.74) is 4.06. The highest BCUT2D eigenvalue weighted by Crippen LogP contribution is 2.17. The third kappa shape index (κ3) is 3.76. The highest BCUT2D eigenvalue weighted by atomic mass is 16.1. The van der Waals surface area contributed by atoms with Crippen LogP contribution in [0.1, 0.15) is 21.6 Å². The lowest BCUT2D eigenvalue weighted by Gasteiger charge is -2.10. The molecule has 5 nitrogen and oxygen atoms in total. The summed E-state index contributed by atoms with van der Waals surface area (Å²) in [4.78, 5) is 20.9. The number of carbonyl (C=O) groups is 1. The molecule has 1 heterocycles. The molecule has 3 aromatic rings. The lowest BCUT2D eigenvalue weighted by atomic mass is 10.1. The van der Waals surface area contributed by atoms with Gasteiger partial charge in [0.25, 0.3) is 5.91 Å². The summed E-state index contributed by atoms with van der Waals surface area (Å²) in [5.74, 6) is 0.122. The number of hydrogen-bond acceptors (Lipinski definition) is 4. The number of aryl methyl sites for hydroxylation is 2. The Morgan fingerprint density at radius 1 is 1.00 bits per heavy atom. The van der Waals surface area contributed by atoms with E-state index in [0.717, 1.165) is 22.5 Å². The molecule has 3 rings (SSSR count). The van der Waals surface area contributed by atoms with Gasteiger partial charge in [-0.05, 0) is 49.2 Å². The van der Waals surface area contributed by atoms with E-state index in [-0.39, 0.29) is 5.91 Å². The van der Waals surface area contributed by atoms with Crippen LogP contribution < -0.4 is 10.6 Å². The number of rotatable bonds is 4. The van der Waals surface area contributed by atoms with Gasteiger partial charge >= 0.3 is 0 Å². The van der Waals surface area contributed by atoms with Gasteiger partial charge in [0.2, 0.25) is 5.95 Å². The van der Waals surface area contributed by atoms with Gasteiger partial charge in [0, 0.05) is 17.6 Å². The Morgan fingerprint density at radius 2 is 1.79 bits per heavy atom. The van der Waals surface area contributed by atoms with E-state index in [1.54, 1.807) is 12.3 Å². The molecule has 24 heavy (non-hydrogen) atoms. The van der Waals surface area contributed by atoms with Crippen LogP contribution in [-0.4, -0.2) is 15.9 Å². The van der Waals surface area contributed by atoms with Crippen molar-refractivity contribution in [2.24, 2.45) is 0 Å². The second-order valence-corrected chi connectivity index (χ2v) is 5.53. The first-order valence-corrected chi connectivity index (χ1v) is 7.65. The Morgan fingerprint density at radius 3 is 2.58 bits per heavy atom. The van der Waals surface area contributed by atoms with Crippen LogP contribution >= 0.6 is 0 Å². The average Bonchev–Trinajstić information content (AvgIpc) is 2.59. The quantitative estimate of drug-likeness (QED) is 0.760. The molecule has 0 atom stereocenters. The Hall–Kier alpha value is -3.21. The number of benzene rings is 2. The molecule has 1 aromatic heterocycles. The number of nitrogens with one attached hydrogen (secondary N) is 2. The van der Waals surface area contributed by atoms with Gasteiger partial charge in [-0.1, -0.05) is 30.3 Å². The molecule has 0 bridgehead atoms. The third-order valence-electron chi connectivity index (χ3n) is 3.56. The fourth-order valence-electron chi connectivity index (χ4n) is 2.25.